The summed E-state index contributed by atoms with van der Waals surface area (Å²) in [4.78, 5) is 10.1. The molecule has 0 unspecified atom stereocenters. The quantitative estimate of drug-likeness (QED) is 0.188. The number of aromatic nitrogens is 3. The Morgan fingerprint density at radius 2 is 1.06 bits per heavy atom. The van der Waals surface area contributed by atoms with Crippen LogP contribution in [-0.2, 0) is 0 Å². The first-order valence-electron chi connectivity index (χ1n) is 16.8. The minimum absolute atomic E-state index is 0.690. The van der Waals surface area contributed by atoms with Gasteiger partial charge in [-0.25, -0.2) is 9.97 Å². The maximum Gasteiger partial charge on any atom is 0.160 e. The van der Waals surface area contributed by atoms with Gasteiger partial charge in [0.25, 0.3) is 0 Å². The summed E-state index contributed by atoms with van der Waals surface area (Å²) in [5.74, 6) is 0.690. The number of fused-ring (bicyclic) bond motifs is 6. The highest BCUT2D eigenvalue weighted by Gasteiger charge is 2.19. The molecule has 0 fully saturated rings. The van der Waals surface area contributed by atoms with Gasteiger partial charge in [0.05, 0.1) is 22.4 Å². The molecule has 0 bridgehead atoms. The highest BCUT2D eigenvalue weighted by atomic mass is 16.3. The molecule has 7 aromatic carbocycles. The highest BCUT2D eigenvalue weighted by molar-refractivity contribution is 6.14. The second kappa shape index (κ2) is 11.4. The van der Waals surface area contributed by atoms with E-state index >= 15 is 0 Å². The van der Waals surface area contributed by atoms with Crippen molar-refractivity contribution in [1.29, 1.82) is 0 Å². The summed E-state index contributed by atoms with van der Waals surface area (Å²) in [6.07, 6.45) is 0. The first-order chi connectivity index (χ1) is 24.8. The molecule has 0 aliphatic heterocycles. The predicted octanol–water partition coefficient (Wildman–Crippen LogP) is 12.1. The first kappa shape index (κ1) is 28.3. The zero-order valence-electron chi connectivity index (χ0n) is 27.0. The molecule has 10 rings (SSSR count). The minimum atomic E-state index is 0.690. The summed E-state index contributed by atoms with van der Waals surface area (Å²) in [5.41, 5.74) is 12.2. The Labute approximate surface area is 288 Å². The van der Waals surface area contributed by atoms with Crippen LogP contribution in [0.25, 0.3) is 94.5 Å². The topological polar surface area (TPSA) is 43.9 Å². The number of rotatable bonds is 5. The minimum Gasteiger partial charge on any atom is -0.456 e. The zero-order chi connectivity index (χ0) is 33.0. The molecule has 0 spiro atoms. The van der Waals surface area contributed by atoms with Gasteiger partial charge in [-0.2, -0.15) is 0 Å². The van der Waals surface area contributed by atoms with Gasteiger partial charge >= 0.3 is 0 Å². The highest BCUT2D eigenvalue weighted by Crippen LogP contribution is 2.40. The lowest BCUT2D eigenvalue weighted by Gasteiger charge is -2.10. The van der Waals surface area contributed by atoms with E-state index in [1.54, 1.807) is 0 Å². The van der Waals surface area contributed by atoms with E-state index in [1.807, 2.05) is 48.5 Å². The predicted molar refractivity (Wildman–Crippen MR) is 205 cm³/mol. The largest absolute Gasteiger partial charge is 0.456 e. The Balaban J connectivity index is 1.17. The lowest BCUT2D eigenvalue weighted by molar-refractivity contribution is 0.668. The molecule has 0 atom stereocenters. The molecule has 4 heteroatoms. The van der Waals surface area contributed by atoms with Crippen molar-refractivity contribution >= 4 is 43.7 Å². The monoisotopic (exact) mass is 639 g/mol. The van der Waals surface area contributed by atoms with Crippen LogP contribution in [0, 0.1) is 0 Å². The molecule has 0 saturated heterocycles. The van der Waals surface area contributed by atoms with Gasteiger partial charge in [-0.15, -0.1) is 0 Å². The van der Waals surface area contributed by atoms with Crippen molar-refractivity contribution in [3.8, 4) is 50.7 Å². The number of benzene rings is 7. The summed E-state index contributed by atoms with van der Waals surface area (Å²) < 4.78 is 9.00. The molecule has 0 N–H and O–H groups in total. The van der Waals surface area contributed by atoms with Crippen LogP contribution in [0.2, 0.25) is 0 Å². The molecule has 0 amide bonds. The fourth-order valence-electron chi connectivity index (χ4n) is 7.28. The number of para-hydroxylation sites is 1. The van der Waals surface area contributed by atoms with Crippen molar-refractivity contribution in [2.45, 2.75) is 0 Å². The van der Waals surface area contributed by atoms with Gasteiger partial charge in [0.1, 0.15) is 11.2 Å². The third-order valence-corrected chi connectivity index (χ3v) is 9.62. The van der Waals surface area contributed by atoms with Gasteiger partial charge in [0, 0.05) is 50.0 Å². The summed E-state index contributed by atoms with van der Waals surface area (Å²) >= 11 is 0. The Bertz CT molecular complexity index is 2800. The third kappa shape index (κ3) is 4.61. The SMILES string of the molecule is c1ccc(-c2ccc3c4ccccc4n(-c4ccc5c(c4)oc4cccc(-c6cc(-c7ccccc7)nc(-c7ccccc7)n6)c45)c3c2)cc1. The lowest BCUT2D eigenvalue weighted by atomic mass is 10.0. The Hall–Kier alpha value is -6.78. The maximum atomic E-state index is 6.64. The summed E-state index contributed by atoms with van der Waals surface area (Å²) in [7, 11) is 0. The number of furan rings is 1. The third-order valence-electron chi connectivity index (χ3n) is 9.62. The van der Waals surface area contributed by atoms with E-state index in [4.69, 9.17) is 14.4 Å². The van der Waals surface area contributed by atoms with E-state index in [1.165, 1.54) is 21.9 Å². The Kier molecular flexibility index (Phi) is 6.46. The average molecular weight is 640 g/mol. The molecule has 0 saturated carbocycles. The molecular weight excluding hydrogens is 611 g/mol. The molecule has 3 heterocycles. The van der Waals surface area contributed by atoms with Crippen LogP contribution in [0.15, 0.2) is 180 Å². The van der Waals surface area contributed by atoms with Crippen LogP contribution in [0.1, 0.15) is 0 Å². The molecule has 0 radical (unpaired) electrons. The van der Waals surface area contributed by atoms with Gasteiger partial charge in [0.15, 0.2) is 5.82 Å². The van der Waals surface area contributed by atoms with Crippen molar-refractivity contribution in [2.24, 2.45) is 0 Å². The van der Waals surface area contributed by atoms with Crippen molar-refractivity contribution < 1.29 is 4.42 Å². The maximum absolute atomic E-state index is 6.64. The summed E-state index contributed by atoms with van der Waals surface area (Å²) in [6, 6.07) is 61.3. The van der Waals surface area contributed by atoms with E-state index in [0.29, 0.717) is 5.82 Å². The lowest BCUT2D eigenvalue weighted by Crippen LogP contribution is -1.96. The smallest absolute Gasteiger partial charge is 0.160 e. The molecule has 234 valence electrons. The van der Waals surface area contributed by atoms with E-state index in [2.05, 4.69) is 132 Å². The van der Waals surface area contributed by atoms with Gasteiger partial charge < -0.3 is 8.98 Å². The molecule has 0 aliphatic rings. The molecule has 4 nitrogen and oxygen atoms in total. The van der Waals surface area contributed by atoms with Crippen LogP contribution in [0.5, 0.6) is 0 Å². The standard InChI is InChI=1S/C46H29N3O/c1-4-13-30(14-5-1)33-23-25-36-35-19-10-11-21-41(35)49(42(36)27-33)34-24-26-38-44(28-34)50-43-22-12-20-37(45(38)43)40-29-39(31-15-6-2-7-16-31)47-46(48-40)32-17-8-3-9-18-32/h1-29H. The summed E-state index contributed by atoms with van der Waals surface area (Å²) in [6.45, 7) is 0. The zero-order valence-corrected chi connectivity index (χ0v) is 27.0. The summed E-state index contributed by atoms with van der Waals surface area (Å²) in [5, 5.41) is 4.53. The molecule has 3 aromatic heterocycles. The van der Waals surface area contributed by atoms with Crippen LogP contribution in [-0.4, -0.2) is 14.5 Å². The van der Waals surface area contributed by atoms with E-state index in [-0.39, 0.29) is 0 Å². The fraction of sp³-hybridized carbons (Fsp3) is 0. The van der Waals surface area contributed by atoms with Crippen LogP contribution in [0.3, 0.4) is 0 Å². The van der Waals surface area contributed by atoms with Gasteiger partial charge in [-0.1, -0.05) is 133 Å². The number of nitrogens with zero attached hydrogens (tertiary/aromatic N) is 3. The van der Waals surface area contributed by atoms with Crippen molar-refractivity contribution in [3.63, 3.8) is 0 Å². The molecular formula is C46H29N3O. The van der Waals surface area contributed by atoms with Gasteiger partial charge in [0.2, 0.25) is 0 Å². The second-order valence-corrected chi connectivity index (χ2v) is 12.6. The van der Waals surface area contributed by atoms with Crippen LogP contribution < -0.4 is 0 Å². The molecule has 0 aliphatic carbocycles. The van der Waals surface area contributed by atoms with Crippen molar-refractivity contribution in [3.05, 3.63) is 176 Å². The number of hydrogen-bond acceptors (Lipinski definition) is 3. The number of hydrogen-bond donors (Lipinski definition) is 0. The Morgan fingerprint density at radius 3 is 1.86 bits per heavy atom. The van der Waals surface area contributed by atoms with E-state index in [9.17, 15) is 0 Å². The van der Waals surface area contributed by atoms with Crippen molar-refractivity contribution in [2.75, 3.05) is 0 Å². The van der Waals surface area contributed by atoms with Crippen LogP contribution >= 0.6 is 0 Å². The van der Waals surface area contributed by atoms with Gasteiger partial charge in [-0.3, -0.25) is 0 Å². The van der Waals surface area contributed by atoms with E-state index < -0.39 is 0 Å². The second-order valence-electron chi connectivity index (χ2n) is 12.6. The van der Waals surface area contributed by atoms with E-state index in [0.717, 1.165) is 66.7 Å². The molecule has 50 heavy (non-hydrogen) atoms. The normalized spacial score (nSPS) is 11.6. The average Bonchev–Trinajstić information content (AvgIpc) is 3.73. The Morgan fingerprint density at radius 1 is 0.400 bits per heavy atom. The van der Waals surface area contributed by atoms with Crippen LogP contribution in [0.4, 0.5) is 0 Å². The van der Waals surface area contributed by atoms with Gasteiger partial charge in [-0.05, 0) is 47.5 Å². The molecule has 10 aromatic rings. The van der Waals surface area contributed by atoms with Crippen molar-refractivity contribution in [1.82, 2.24) is 14.5 Å². The fourth-order valence-corrected chi connectivity index (χ4v) is 7.28. The first-order valence-corrected chi connectivity index (χ1v) is 16.8.